The van der Waals surface area contributed by atoms with Crippen molar-refractivity contribution in [2.45, 2.75) is 6.54 Å². The van der Waals surface area contributed by atoms with Gasteiger partial charge in [-0.1, -0.05) is 0 Å². The van der Waals surface area contributed by atoms with Gasteiger partial charge in [-0.25, -0.2) is 4.79 Å². The number of hydrogen-bond donors (Lipinski definition) is 3. The van der Waals surface area contributed by atoms with Crippen molar-refractivity contribution in [3.63, 3.8) is 0 Å². The molecule has 3 N–H and O–H groups in total. The Morgan fingerprint density at radius 3 is 3.35 bits per heavy atom. The first-order chi connectivity index (χ1) is 8.33. The van der Waals surface area contributed by atoms with Gasteiger partial charge in [0.05, 0.1) is 12.7 Å². The average molecular weight is 234 g/mol. The van der Waals surface area contributed by atoms with Gasteiger partial charge in [-0.15, -0.1) is 0 Å². The summed E-state index contributed by atoms with van der Waals surface area (Å²) in [7, 11) is 0. The highest BCUT2D eigenvalue weighted by molar-refractivity contribution is 5.76. The first kappa shape index (κ1) is 10.3. The number of fused-ring (bicyclic) bond motifs is 1. The number of amides is 2. The zero-order valence-electron chi connectivity index (χ0n) is 9.31. The zero-order chi connectivity index (χ0) is 11.7. The number of carbonyl (C=O) groups is 1. The fourth-order valence-electron chi connectivity index (χ4n) is 2.21. The van der Waals surface area contributed by atoms with Crippen LogP contribution in [0.25, 0.3) is 0 Å². The zero-order valence-corrected chi connectivity index (χ0v) is 9.31. The highest BCUT2D eigenvalue weighted by Crippen LogP contribution is 2.24. The van der Waals surface area contributed by atoms with Crippen LogP contribution < -0.4 is 10.6 Å². The first-order valence-corrected chi connectivity index (χ1v) is 5.63. The van der Waals surface area contributed by atoms with Gasteiger partial charge in [0.15, 0.2) is 0 Å². The molecule has 3 heterocycles. The third-order valence-electron chi connectivity index (χ3n) is 3.13. The van der Waals surface area contributed by atoms with E-state index in [9.17, 15) is 4.79 Å². The Morgan fingerprint density at radius 1 is 1.65 bits per heavy atom. The van der Waals surface area contributed by atoms with Crippen LogP contribution in [0.4, 0.5) is 4.79 Å². The van der Waals surface area contributed by atoms with E-state index in [2.05, 4.69) is 26.0 Å². The van der Waals surface area contributed by atoms with Crippen LogP contribution >= 0.6 is 0 Å². The maximum Gasteiger partial charge on any atom is 0.321 e. The van der Waals surface area contributed by atoms with Crippen molar-refractivity contribution in [3.8, 4) is 0 Å². The molecular weight excluding hydrogens is 220 g/mol. The maximum absolute atomic E-state index is 11.9. The van der Waals surface area contributed by atoms with Crippen molar-refractivity contribution < 1.29 is 4.79 Å². The SMILES string of the molecule is O=C(NCc1cn[nH]n1)N1C=C2CNC[C@H]2C1. The lowest BCUT2D eigenvalue weighted by Gasteiger charge is -2.15. The van der Waals surface area contributed by atoms with Gasteiger partial charge in [-0.2, -0.15) is 15.4 Å². The lowest BCUT2D eigenvalue weighted by Crippen LogP contribution is -2.37. The summed E-state index contributed by atoms with van der Waals surface area (Å²) >= 11 is 0. The number of aromatic amines is 1. The third kappa shape index (κ3) is 2.01. The summed E-state index contributed by atoms with van der Waals surface area (Å²) in [5.41, 5.74) is 2.05. The van der Waals surface area contributed by atoms with E-state index in [1.165, 1.54) is 5.57 Å². The van der Waals surface area contributed by atoms with Gasteiger partial charge in [-0.3, -0.25) is 0 Å². The van der Waals surface area contributed by atoms with Crippen LogP contribution in [0.5, 0.6) is 0 Å². The number of carbonyl (C=O) groups excluding carboxylic acids is 1. The van der Waals surface area contributed by atoms with Gasteiger partial charge < -0.3 is 15.5 Å². The number of nitrogens with one attached hydrogen (secondary N) is 3. The van der Waals surface area contributed by atoms with Crippen LogP contribution in [-0.2, 0) is 6.54 Å². The molecule has 3 rings (SSSR count). The smallest absolute Gasteiger partial charge is 0.321 e. The molecule has 2 aliphatic heterocycles. The van der Waals surface area contributed by atoms with Crippen LogP contribution in [-0.4, -0.2) is 46.0 Å². The summed E-state index contributed by atoms with van der Waals surface area (Å²) in [4.78, 5) is 13.6. The van der Waals surface area contributed by atoms with Crippen molar-refractivity contribution in [2.24, 2.45) is 5.92 Å². The Kier molecular flexibility index (Phi) is 2.52. The van der Waals surface area contributed by atoms with Crippen molar-refractivity contribution >= 4 is 6.03 Å². The summed E-state index contributed by atoms with van der Waals surface area (Å²) in [5.74, 6) is 0.493. The molecule has 0 aliphatic carbocycles. The van der Waals surface area contributed by atoms with Crippen molar-refractivity contribution in [3.05, 3.63) is 23.7 Å². The molecule has 0 bridgehead atoms. The molecule has 1 fully saturated rings. The second-order valence-electron chi connectivity index (χ2n) is 4.30. The van der Waals surface area contributed by atoms with E-state index >= 15 is 0 Å². The molecule has 17 heavy (non-hydrogen) atoms. The maximum atomic E-state index is 11.9. The fraction of sp³-hybridized carbons (Fsp3) is 0.500. The summed E-state index contributed by atoms with van der Waals surface area (Å²) in [5, 5.41) is 16.2. The monoisotopic (exact) mass is 234 g/mol. The molecule has 0 spiro atoms. The minimum atomic E-state index is -0.0742. The Hall–Kier alpha value is -1.89. The van der Waals surface area contributed by atoms with E-state index in [1.807, 2.05) is 6.20 Å². The Labute approximate surface area is 98.3 Å². The molecule has 90 valence electrons. The van der Waals surface area contributed by atoms with E-state index in [0.717, 1.165) is 25.3 Å². The summed E-state index contributed by atoms with van der Waals surface area (Å²) in [6, 6.07) is -0.0742. The summed E-state index contributed by atoms with van der Waals surface area (Å²) < 4.78 is 0. The predicted molar refractivity (Wildman–Crippen MR) is 59.8 cm³/mol. The molecule has 2 aliphatic rings. The lowest BCUT2D eigenvalue weighted by atomic mass is 10.1. The number of urea groups is 1. The highest BCUT2D eigenvalue weighted by Gasteiger charge is 2.30. The molecule has 2 amide bonds. The number of hydrogen-bond acceptors (Lipinski definition) is 4. The summed E-state index contributed by atoms with van der Waals surface area (Å²) in [6.07, 6.45) is 3.55. The number of aromatic nitrogens is 3. The minimum absolute atomic E-state index is 0.0742. The molecule has 7 heteroatoms. The van der Waals surface area contributed by atoms with Gasteiger partial charge >= 0.3 is 6.03 Å². The fourth-order valence-corrected chi connectivity index (χ4v) is 2.21. The van der Waals surface area contributed by atoms with Crippen LogP contribution in [0.2, 0.25) is 0 Å². The standard InChI is InChI=1S/C10H14N6O/c17-10(12-3-9-4-13-15-14-9)16-5-7-1-11-2-8(7)6-16/h4-5,8,11H,1-3,6H2,(H,12,17)(H,13,14,15)/t8-/m0/s1. The molecule has 1 aromatic heterocycles. The molecule has 0 aromatic carbocycles. The Bertz CT molecular complexity index is 440. The normalized spacial score (nSPS) is 22.5. The predicted octanol–water partition coefficient (Wildman–Crippen LogP) is -0.567. The van der Waals surface area contributed by atoms with Crippen molar-refractivity contribution in [2.75, 3.05) is 19.6 Å². The lowest BCUT2D eigenvalue weighted by molar-refractivity contribution is 0.215. The molecule has 0 saturated carbocycles. The molecule has 0 radical (unpaired) electrons. The van der Waals surface area contributed by atoms with E-state index in [0.29, 0.717) is 12.5 Å². The van der Waals surface area contributed by atoms with Gasteiger partial charge in [0.2, 0.25) is 0 Å². The van der Waals surface area contributed by atoms with E-state index < -0.39 is 0 Å². The van der Waals surface area contributed by atoms with Gasteiger partial charge in [0.1, 0.15) is 5.69 Å². The van der Waals surface area contributed by atoms with Crippen LogP contribution in [0.3, 0.4) is 0 Å². The molecule has 7 nitrogen and oxygen atoms in total. The van der Waals surface area contributed by atoms with Crippen LogP contribution in [0.1, 0.15) is 5.69 Å². The second-order valence-corrected chi connectivity index (χ2v) is 4.30. The third-order valence-corrected chi connectivity index (χ3v) is 3.13. The molecule has 1 aromatic rings. The van der Waals surface area contributed by atoms with Crippen LogP contribution in [0.15, 0.2) is 18.0 Å². The van der Waals surface area contributed by atoms with E-state index in [4.69, 9.17) is 0 Å². The van der Waals surface area contributed by atoms with Gasteiger partial charge in [0, 0.05) is 31.8 Å². The number of nitrogens with zero attached hydrogens (tertiary/aromatic N) is 3. The molecule has 1 atom stereocenters. The van der Waals surface area contributed by atoms with Gasteiger partial charge in [-0.05, 0) is 5.57 Å². The number of rotatable bonds is 2. The van der Waals surface area contributed by atoms with E-state index in [1.54, 1.807) is 11.1 Å². The highest BCUT2D eigenvalue weighted by atomic mass is 16.2. The van der Waals surface area contributed by atoms with Crippen molar-refractivity contribution in [1.29, 1.82) is 0 Å². The first-order valence-electron chi connectivity index (χ1n) is 5.63. The number of H-pyrrole nitrogens is 1. The Morgan fingerprint density at radius 2 is 2.59 bits per heavy atom. The van der Waals surface area contributed by atoms with Gasteiger partial charge in [0.25, 0.3) is 0 Å². The quantitative estimate of drug-likeness (QED) is 0.640. The van der Waals surface area contributed by atoms with Crippen LogP contribution in [0, 0.1) is 5.92 Å². The minimum Gasteiger partial charge on any atom is -0.332 e. The summed E-state index contributed by atoms with van der Waals surface area (Å²) in [6.45, 7) is 3.04. The molecule has 1 saturated heterocycles. The van der Waals surface area contributed by atoms with Crippen molar-refractivity contribution in [1.82, 2.24) is 30.9 Å². The average Bonchev–Trinajstić information content (AvgIpc) is 3.01. The second kappa shape index (κ2) is 4.17. The largest absolute Gasteiger partial charge is 0.332 e. The molecule has 0 unspecified atom stereocenters. The topological polar surface area (TPSA) is 85.9 Å². The molecular formula is C10H14N6O. The van der Waals surface area contributed by atoms with E-state index in [-0.39, 0.29) is 6.03 Å². The Balaban J connectivity index is 1.55.